The molecule has 4 rings (SSSR count). The number of halogens is 2. The quantitative estimate of drug-likeness (QED) is 0.213. The van der Waals surface area contributed by atoms with Gasteiger partial charge in [-0.25, -0.2) is 24.9 Å². The van der Waals surface area contributed by atoms with Crippen molar-refractivity contribution in [3.63, 3.8) is 0 Å². The van der Waals surface area contributed by atoms with Crippen LogP contribution in [0.4, 0.5) is 0 Å². The van der Waals surface area contributed by atoms with Gasteiger partial charge in [0.15, 0.2) is 29.1 Å². The lowest BCUT2D eigenvalue weighted by molar-refractivity contribution is 0.110. The standard InChI is InChI=1S/C7H8N2O2.C6H5IN2O2.C6H8N2O.C5H5ClN2O/c1-5-3-8-6(4-10)7(9-5)11-2;1-11-6-4(3-10)8-2-5(7)9-6;1-5-3-7-4-6(8-5)9-2;1-9-5-3-7-2-4(6)8-5/h3-4H,1-2H3;2-3H,1H3;3-4H,1-2H3;2-3H,1H3. The number of nitrogens with zero attached hydrogens (tertiary/aromatic N) is 8. The number of carbonyl (C=O) groups excluding carboxylic acids is 2. The van der Waals surface area contributed by atoms with Gasteiger partial charge in [-0.1, -0.05) is 11.6 Å². The second-order valence-electron chi connectivity index (χ2n) is 6.82. The van der Waals surface area contributed by atoms with Crippen molar-refractivity contribution in [2.24, 2.45) is 0 Å². The molecule has 0 saturated carbocycles. The number of methoxy groups -OCH3 is 4. The van der Waals surface area contributed by atoms with Crippen molar-refractivity contribution < 1.29 is 28.5 Å². The van der Waals surface area contributed by atoms with E-state index in [1.54, 1.807) is 26.4 Å². The predicted molar refractivity (Wildman–Crippen MR) is 152 cm³/mol. The summed E-state index contributed by atoms with van der Waals surface area (Å²) >= 11 is 7.46. The molecule has 0 radical (unpaired) electrons. The fourth-order valence-corrected chi connectivity index (χ4v) is 2.75. The zero-order chi connectivity index (χ0) is 29.9. The van der Waals surface area contributed by atoms with E-state index in [0.29, 0.717) is 33.2 Å². The molecule has 212 valence electrons. The monoisotopic (exact) mass is 684 g/mol. The van der Waals surface area contributed by atoms with Gasteiger partial charge >= 0.3 is 0 Å². The number of aromatic nitrogens is 8. The molecule has 0 amide bonds. The van der Waals surface area contributed by atoms with Crippen molar-refractivity contribution in [1.29, 1.82) is 0 Å². The van der Waals surface area contributed by atoms with Crippen molar-refractivity contribution in [3.05, 3.63) is 68.8 Å². The van der Waals surface area contributed by atoms with Gasteiger partial charge in [0.2, 0.25) is 23.5 Å². The average molecular weight is 685 g/mol. The number of carbonyl (C=O) groups is 2. The highest BCUT2D eigenvalue weighted by molar-refractivity contribution is 14.1. The Morgan fingerprint density at radius 2 is 1.15 bits per heavy atom. The highest BCUT2D eigenvalue weighted by Crippen LogP contribution is 2.11. The van der Waals surface area contributed by atoms with Crippen LogP contribution in [0.5, 0.6) is 23.5 Å². The van der Waals surface area contributed by atoms with Gasteiger partial charge < -0.3 is 18.9 Å². The second-order valence-corrected chi connectivity index (χ2v) is 8.31. The molecular formula is C24H26ClIN8O6. The van der Waals surface area contributed by atoms with Crippen LogP contribution in [0.25, 0.3) is 0 Å². The number of aldehydes is 2. The van der Waals surface area contributed by atoms with Crippen molar-refractivity contribution in [3.8, 4) is 23.5 Å². The molecule has 0 N–H and O–H groups in total. The molecule has 14 nitrogen and oxygen atoms in total. The Balaban J connectivity index is 0.000000268. The molecule has 4 aromatic heterocycles. The highest BCUT2D eigenvalue weighted by Gasteiger charge is 2.04. The van der Waals surface area contributed by atoms with Crippen LogP contribution in [0.2, 0.25) is 5.15 Å². The third-order valence-electron chi connectivity index (χ3n) is 3.97. The van der Waals surface area contributed by atoms with Crippen molar-refractivity contribution in [2.75, 3.05) is 28.4 Å². The van der Waals surface area contributed by atoms with E-state index >= 15 is 0 Å². The molecule has 0 aliphatic rings. The van der Waals surface area contributed by atoms with E-state index in [1.165, 1.54) is 46.1 Å². The van der Waals surface area contributed by atoms with Crippen LogP contribution in [-0.2, 0) is 0 Å². The normalized spacial score (nSPS) is 9.20. The summed E-state index contributed by atoms with van der Waals surface area (Å²) in [4.78, 5) is 51.5. The maximum Gasteiger partial charge on any atom is 0.244 e. The van der Waals surface area contributed by atoms with Crippen molar-refractivity contribution >= 4 is 46.8 Å². The second kappa shape index (κ2) is 19.0. The maximum atomic E-state index is 10.3. The summed E-state index contributed by atoms with van der Waals surface area (Å²) in [5.41, 5.74) is 2.06. The highest BCUT2D eigenvalue weighted by atomic mass is 127. The molecule has 0 atom stereocenters. The molecule has 0 aliphatic carbocycles. The molecule has 0 fully saturated rings. The smallest absolute Gasteiger partial charge is 0.244 e. The zero-order valence-electron chi connectivity index (χ0n) is 22.4. The maximum absolute atomic E-state index is 10.3. The van der Waals surface area contributed by atoms with Crippen LogP contribution >= 0.6 is 34.2 Å². The molecule has 0 unspecified atom stereocenters. The van der Waals surface area contributed by atoms with E-state index in [4.69, 9.17) is 30.5 Å². The first-order chi connectivity index (χ1) is 19.2. The molecule has 0 aromatic carbocycles. The molecular weight excluding hydrogens is 659 g/mol. The van der Waals surface area contributed by atoms with E-state index in [2.05, 4.69) is 39.9 Å². The van der Waals surface area contributed by atoms with Crippen LogP contribution in [0.3, 0.4) is 0 Å². The summed E-state index contributed by atoms with van der Waals surface area (Å²) in [6, 6.07) is 0. The summed E-state index contributed by atoms with van der Waals surface area (Å²) in [6.07, 6.45) is 10.5. The first-order valence-corrected chi connectivity index (χ1v) is 12.4. The Bertz CT molecular complexity index is 1270. The molecule has 0 saturated heterocycles. The van der Waals surface area contributed by atoms with Gasteiger partial charge in [0.05, 0.1) is 64.6 Å². The molecule has 4 aromatic rings. The number of hydrogen-bond acceptors (Lipinski definition) is 14. The predicted octanol–water partition coefficient (Wildman–Crippen LogP) is 3.44. The van der Waals surface area contributed by atoms with Gasteiger partial charge in [0, 0.05) is 12.4 Å². The van der Waals surface area contributed by atoms with Gasteiger partial charge in [-0.3, -0.25) is 19.6 Å². The summed E-state index contributed by atoms with van der Waals surface area (Å²) < 4.78 is 19.9. The largest absolute Gasteiger partial charge is 0.480 e. The number of rotatable bonds is 6. The lowest BCUT2D eigenvalue weighted by Gasteiger charge is -2.00. The SMILES string of the molecule is COc1cncc(C)n1.COc1cncc(Cl)n1.COc1nc(C)cnc1C=O.COc1nc(I)cnc1C=O. The Morgan fingerprint density at radius 3 is 1.60 bits per heavy atom. The Morgan fingerprint density at radius 1 is 0.650 bits per heavy atom. The van der Waals surface area contributed by atoms with Gasteiger partial charge in [0.25, 0.3) is 0 Å². The molecule has 0 bridgehead atoms. The van der Waals surface area contributed by atoms with E-state index in [0.717, 1.165) is 11.4 Å². The van der Waals surface area contributed by atoms with Gasteiger partial charge in [-0.05, 0) is 36.4 Å². The van der Waals surface area contributed by atoms with E-state index in [9.17, 15) is 9.59 Å². The number of ether oxygens (including phenoxy) is 4. The number of hydrogen-bond donors (Lipinski definition) is 0. The zero-order valence-corrected chi connectivity index (χ0v) is 25.3. The van der Waals surface area contributed by atoms with Gasteiger partial charge in [0.1, 0.15) is 3.70 Å². The minimum absolute atomic E-state index is 0.230. The Labute approximate surface area is 249 Å². The van der Waals surface area contributed by atoms with Gasteiger partial charge in [-0.15, -0.1) is 0 Å². The van der Waals surface area contributed by atoms with E-state index < -0.39 is 0 Å². The Hall–Kier alpha value is -4.12. The fraction of sp³-hybridized carbons (Fsp3) is 0.250. The first-order valence-electron chi connectivity index (χ1n) is 10.9. The van der Waals surface area contributed by atoms with Crippen molar-refractivity contribution in [1.82, 2.24) is 39.9 Å². The summed E-state index contributed by atoms with van der Waals surface area (Å²) in [5, 5.41) is 0.342. The van der Waals surface area contributed by atoms with Gasteiger partial charge in [-0.2, -0.15) is 4.98 Å². The molecule has 0 spiro atoms. The summed E-state index contributed by atoms with van der Waals surface area (Å²) in [6.45, 7) is 3.65. The van der Waals surface area contributed by atoms with Crippen LogP contribution in [0.1, 0.15) is 32.4 Å². The Kier molecular flexibility index (Phi) is 16.1. The molecule has 4 heterocycles. The lowest BCUT2D eigenvalue weighted by atomic mass is 10.4. The molecule has 40 heavy (non-hydrogen) atoms. The van der Waals surface area contributed by atoms with Crippen molar-refractivity contribution in [2.45, 2.75) is 13.8 Å². The minimum Gasteiger partial charge on any atom is -0.480 e. The molecule has 16 heteroatoms. The van der Waals surface area contributed by atoms with Crippen LogP contribution in [0.15, 0.2) is 37.2 Å². The van der Waals surface area contributed by atoms with Crippen LogP contribution in [-0.4, -0.2) is 80.9 Å². The first kappa shape index (κ1) is 33.9. The van der Waals surface area contributed by atoms with E-state index in [1.807, 2.05) is 29.5 Å². The fourth-order valence-electron chi connectivity index (χ4n) is 2.25. The topological polar surface area (TPSA) is 174 Å². The lowest BCUT2D eigenvalue weighted by Crippen LogP contribution is -1.98. The minimum atomic E-state index is 0.230. The van der Waals surface area contributed by atoms with Crippen LogP contribution < -0.4 is 18.9 Å². The summed E-state index contributed by atoms with van der Waals surface area (Å²) in [7, 11) is 5.99. The summed E-state index contributed by atoms with van der Waals surface area (Å²) in [5.74, 6) is 1.55. The molecule has 0 aliphatic heterocycles. The average Bonchev–Trinajstić information content (AvgIpc) is 2.98. The third kappa shape index (κ3) is 12.6. The van der Waals surface area contributed by atoms with E-state index in [-0.39, 0.29) is 23.1 Å². The number of aryl methyl sites for hydroxylation is 2. The third-order valence-corrected chi connectivity index (χ3v) is 4.67. The van der Waals surface area contributed by atoms with Crippen LogP contribution in [0, 0.1) is 17.5 Å².